The van der Waals surface area contributed by atoms with Crippen LogP contribution in [0.3, 0.4) is 0 Å². The Balaban J connectivity index is 1.44. The van der Waals surface area contributed by atoms with Gasteiger partial charge in [-0.3, -0.25) is 14.7 Å². The molecule has 0 spiro atoms. The Hall–Kier alpha value is -4.12. The average Bonchev–Trinajstić information content (AvgIpc) is 3.41. The summed E-state index contributed by atoms with van der Waals surface area (Å²) >= 11 is 5.79. The summed E-state index contributed by atoms with van der Waals surface area (Å²) in [6, 6.07) is 8.59. The molecule has 0 aliphatic rings. The normalized spacial score (nSPS) is 10.9. The molecule has 0 unspecified atom stereocenters. The van der Waals surface area contributed by atoms with Crippen LogP contribution in [0.15, 0.2) is 47.0 Å². The molecule has 0 aliphatic heterocycles. The molecule has 0 atom stereocenters. The number of hydrogen-bond donors (Lipinski definition) is 3. The third-order valence-corrected chi connectivity index (χ3v) is 5.17. The first kappa shape index (κ1) is 23.1. The number of anilines is 1. The van der Waals surface area contributed by atoms with Crippen molar-refractivity contribution < 1.29 is 27.3 Å². The van der Waals surface area contributed by atoms with Gasteiger partial charge in [0.1, 0.15) is 23.0 Å². The van der Waals surface area contributed by atoms with Crippen LogP contribution in [-0.4, -0.2) is 27.2 Å². The molecular formula is C22H15ClF3N5O3. The summed E-state index contributed by atoms with van der Waals surface area (Å²) < 4.78 is 46.0. The number of aryl methyl sites for hydroxylation is 1. The van der Waals surface area contributed by atoms with Crippen LogP contribution in [0.25, 0.3) is 11.3 Å². The van der Waals surface area contributed by atoms with Crippen molar-refractivity contribution >= 4 is 29.2 Å². The quantitative estimate of drug-likeness (QED) is 0.342. The topological polar surface area (TPSA) is 113 Å². The molecule has 0 radical (unpaired) electrons. The highest BCUT2D eigenvalue weighted by molar-refractivity contribution is 6.34. The molecule has 8 nitrogen and oxygen atoms in total. The molecule has 0 saturated heterocycles. The van der Waals surface area contributed by atoms with Gasteiger partial charge in [-0.2, -0.15) is 5.10 Å². The summed E-state index contributed by atoms with van der Waals surface area (Å²) in [6.07, 6.45) is 0. The van der Waals surface area contributed by atoms with E-state index in [1.807, 2.05) is 0 Å². The van der Waals surface area contributed by atoms with E-state index in [1.54, 1.807) is 25.1 Å². The van der Waals surface area contributed by atoms with Crippen LogP contribution in [-0.2, 0) is 6.54 Å². The molecule has 4 rings (SSSR count). The van der Waals surface area contributed by atoms with Crippen molar-refractivity contribution in [2.45, 2.75) is 13.5 Å². The summed E-state index contributed by atoms with van der Waals surface area (Å²) in [7, 11) is 0. The predicted molar refractivity (Wildman–Crippen MR) is 116 cm³/mol. The van der Waals surface area contributed by atoms with Crippen molar-refractivity contribution in [2.75, 3.05) is 5.32 Å². The number of carbonyl (C=O) groups excluding carboxylic acids is 2. The Morgan fingerprint density at radius 1 is 1.06 bits per heavy atom. The van der Waals surface area contributed by atoms with Gasteiger partial charge in [0, 0.05) is 23.7 Å². The maximum absolute atomic E-state index is 14.2. The van der Waals surface area contributed by atoms with E-state index in [0.717, 1.165) is 0 Å². The largest absolute Gasteiger partial charge is 0.361 e. The highest BCUT2D eigenvalue weighted by atomic mass is 35.5. The lowest BCUT2D eigenvalue weighted by Crippen LogP contribution is -2.23. The van der Waals surface area contributed by atoms with E-state index in [0.29, 0.717) is 23.5 Å². The van der Waals surface area contributed by atoms with Gasteiger partial charge in [-0.05, 0) is 31.2 Å². The zero-order valence-corrected chi connectivity index (χ0v) is 18.1. The van der Waals surface area contributed by atoms with Gasteiger partial charge in [-0.15, -0.1) is 0 Å². The molecule has 0 fully saturated rings. The lowest BCUT2D eigenvalue weighted by atomic mass is 10.1. The van der Waals surface area contributed by atoms with Gasteiger partial charge in [0.05, 0.1) is 10.6 Å². The zero-order valence-electron chi connectivity index (χ0n) is 17.4. The van der Waals surface area contributed by atoms with Crippen molar-refractivity contribution in [3.05, 3.63) is 87.5 Å². The Morgan fingerprint density at radius 3 is 2.56 bits per heavy atom. The number of rotatable bonds is 6. The number of nitrogens with one attached hydrogen (secondary N) is 3. The standard InChI is InChI=1S/C22H15ClF3N5O3/c1-10-13(20(31-34-10)11-4-2-3-5-15(11)24)9-27-22(33)18-8-19(30-29-18)28-21(32)12-6-16(25)17(26)7-14(12)23/h2-8H,9H2,1H3,(H,27,33)(H2,28,29,30,32). The second-order valence-electron chi connectivity index (χ2n) is 7.10. The number of aromatic amines is 1. The Labute approximate surface area is 195 Å². The number of halogens is 4. The molecule has 3 N–H and O–H groups in total. The summed E-state index contributed by atoms with van der Waals surface area (Å²) in [5, 5.41) is 14.8. The van der Waals surface area contributed by atoms with Crippen LogP contribution in [0.4, 0.5) is 19.0 Å². The smallest absolute Gasteiger partial charge is 0.269 e. The first-order valence-electron chi connectivity index (χ1n) is 9.74. The van der Waals surface area contributed by atoms with E-state index in [9.17, 15) is 22.8 Å². The molecule has 2 aromatic heterocycles. The van der Waals surface area contributed by atoms with Gasteiger partial charge in [-0.25, -0.2) is 13.2 Å². The number of amides is 2. The fourth-order valence-electron chi connectivity index (χ4n) is 3.11. The summed E-state index contributed by atoms with van der Waals surface area (Å²) in [4.78, 5) is 24.8. The number of benzene rings is 2. The fourth-order valence-corrected chi connectivity index (χ4v) is 3.35. The van der Waals surface area contributed by atoms with E-state index in [-0.39, 0.29) is 39.9 Å². The highest BCUT2D eigenvalue weighted by Crippen LogP contribution is 2.27. The number of carbonyl (C=O) groups is 2. The van der Waals surface area contributed by atoms with Gasteiger partial charge >= 0.3 is 0 Å². The lowest BCUT2D eigenvalue weighted by molar-refractivity contribution is 0.0945. The third kappa shape index (κ3) is 4.64. The second-order valence-corrected chi connectivity index (χ2v) is 7.50. The van der Waals surface area contributed by atoms with Crippen LogP contribution in [0.1, 0.15) is 32.2 Å². The van der Waals surface area contributed by atoms with Gasteiger partial charge in [0.15, 0.2) is 17.5 Å². The molecule has 4 aromatic rings. The number of nitrogens with zero attached hydrogens (tertiary/aromatic N) is 2. The number of hydrogen-bond acceptors (Lipinski definition) is 5. The summed E-state index contributed by atoms with van der Waals surface area (Å²) in [5.74, 6) is -4.00. The molecule has 2 heterocycles. The SMILES string of the molecule is Cc1onc(-c2ccccc2F)c1CNC(=O)c1cc(NC(=O)c2cc(F)c(F)cc2Cl)n[nH]1. The van der Waals surface area contributed by atoms with Crippen LogP contribution in [0, 0.1) is 24.4 Å². The molecule has 12 heteroatoms. The van der Waals surface area contributed by atoms with Crippen LogP contribution >= 0.6 is 11.6 Å². The monoisotopic (exact) mass is 489 g/mol. The minimum absolute atomic E-state index is 0.00627. The van der Waals surface area contributed by atoms with E-state index in [2.05, 4.69) is 26.0 Å². The minimum Gasteiger partial charge on any atom is -0.361 e. The third-order valence-electron chi connectivity index (χ3n) is 4.86. The molecule has 0 saturated carbocycles. The highest BCUT2D eigenvalue weighted by Gasteiger charge is 2.20. The van der Waals surface area contributed by atoms with Crippen molar-refractivity contribution in [1.29, 1.82) is 0 Å². The van der Waals surface area contributed by atoms with Crippen LogP contribution in [0.5, 0.6) is 0 Å². The van der Waals surface area contributed by atoms with Gasteiger partial charge < -0.3 is 15.2 Å². The molecule has 2 aromatic carbocycles. The maximum Gasteiger partial charge on any atom is 0.269 e. The summed E-state index contributed by atoms with van der Waals surface area (Å²) in [6.45, 7) is 1.61. The van der Waals surface area contributed by atoms with E-state index in [4.69, 9.17) is 16.1 Å². The van der Waals surface area contributed by atoms with E-state index < -0.39 is 29.3 Å². The fraction of sp³-hybridized carbons (Fsp3) is 0.0909. The van der Waals surface area contributed by atoms with Crippen molar-refractivity contribution in [3.8, 4) is 11.3 Å². The van der Waals surface area contributed by atoms with Crippen molar-refractivity contribution in [1.82, 2.24) is 20.7 Å². The van der Waals surface area contributed by atoms with Crippen LogP contribution in [0.2, 0.25) is 5.02 Å². The van der Waals surface area contributed by atoms with Gasteiger partial charge in [-0.1, -0.05) is 28.9 Å². The Kier molecular flexibility index (Phi) is 6.37. The minimum atomic E-state index is -1.24. The Morgan fingerprint density at radius 2 is 1.79 bits per heavy atom. The van der Waals surface area contributed by atoms with Gasteiger partial charge in [0.25, 0.3) is 11.8 Å². The summed E-state index contributed by atoms with van der Waals surface area (Å²) in [5.41, 5.74) is 0.661. The average molecular weight is 490 g/mol. The van der Waals surface area contributed by atoms with Gasteiger partial charge in [0.2, 0.25) is 0 Å². The molecule has 174 valence electrons. The molecule has 0 bridgehead atoms. The first-order valence-corrected chi connectivity index (χ1v) is 10.1. The zero-order chi connectivity index (χ0) is 24.4. The van der Waals surface area contributed by atoms with Crippen molar-refractivity contribution in [3.63, 3.8) is 0 Å². The Bertz CT molecular complexity index is 1400. The number of H-pyrrole nitrogens is 1. The molecule has 34 heavy (non-hydrogen) atoms. The molecule has 2 amide bonds. The molecule has 0 aliphatic carbocycles. The maximum atomic E-state index is 14.2. The second kappa shape index (κ2) is 9.40. The molecular weight excluding hydrogens is 475 g/mol. The first-order chi connectivity index (χ1) is 16.2. The van der Waals surface area contributed by atoms with E-state index in [1.165, 1.54) is 12.1 Å². The lowest BCUT2D eigenvalue weighted by Gasteiger charge is -2.06. The number of aromatic nitrogens is 3. The predicted octanol–water partition coefficient (Wildman–Crippen LogP) is 4.63. The van der Waals surface area contributed by atoms with E-state index >= 15 is 0 Å². The van der Waals surface area contributed by atoms with Crippen LogP contribution < -0.4 is 10.6 Å². The van der Waals surface area contributed by atoms with Crippen molar-refractivity contribution in [2.24, 2.45) is 0 Å².